The second-order valence-corrected chi connectivity index (χ2v) is 7.08. The van der Waals surface area contributed by atoms with Crippen molar-refractivity contribution in [1.82, 2.24) is 13.9 Å². The smallest absolute Gasteiger partial charge is 0.409 e. The number of carbonyl (C=O) groups excluding carboxylic acids is 1. The Balaban J connectivity index is 1.81. The number of piperazine rings is 1. The topological polar surface area (TPSA) is 79.0 Å². The van der Waals surface area contributed by atoms with Crippen molar-refractivity contribution in [2.45, 2.75) is 13.3 Å². The van der Waals surface area contributed by atoms with Gasteiger partial charge in [0.05, 0.1) is 6.61 Å². The van der Waals surface area contributed by atoms with Crippen molar-refractivity contribution in [2.75, 3.05) is 39.3 Å². The zero-order chi connectivity index (χ0) is 17.6. The Labute approximate surface area is 141 Å². The molecule has 1 saturated heterocycles. The normalized spacial score (nSPS) is 16.2. The van der Waals surface area contributed by atoms with Crippen LogP contribution in [0.3, 0.4) is 0 Å². The van der Waals surface area contributed by atoms with E-state index in [0.29, 0.717) is 5.56 Å². The summed E-state index contributed by atoms with van der Waals surface area (Å²) >= 11 is 0. The molecule has 0 atom stereocenters. The zero-order valence-electron chi connectivity index (χ0n) is 13.6. The quantitative estimate of drug-likeness (QED) is 0.821. The average molecular weight is 359 g/mol. The molecule has 0 aliphatic carbocycles. The SMILES string of the molecule is CCOC(=O)N1CCN(S(=O)(=O)NCCc2ccccc2F)CC1. The number of halogens is 1. The van der Waals surface area contributed by atoms with E-state index in [1.165, 1.54) is 15.3 Å². The average Bonchev–Trinajstić information content (AvgIpc) is 2.57. The third kappa shape index (κ3) is 4.89. The predicted molar refractivity (Wildman–Crippen MR) is 87.2 cm³/mol. The second-order valence-electron chi connectivity index (χ2n) is 5.33. The summed E-state index contributed by atoms with van der Waals surface area (Å²) in [7, 11) is -3.65. The molecular formula is C15H22FN3O4S. The highest BCUT2D eigenvalue weighted by Crippen LogP contribution is 2.09. The van der Waals surface area contributed by atoms with E-state index >= 15 is 0 Å². The van der Waals surface area contributed by atoms with E-state index in [1.54, 1.807) is 25.1 Å². The number of ether oxygens (including phenoxy) is 1. The Morgan fingerprint density at radius 1 is 1.25 bits per heavy atom. The van der Waals surface area contributed by atoms with E-state index in [0.717, 1.165) is 0 Å². The lowest BCUT2D eigenvalue weighted by Crippen LogP contribution is -2.53. The van der Waals surface area contributed by atoms with Gasteiger partial charge in [-0.2, -0.15) is 12.7 Å². The van der Waals surface area contributed by atoms with E-state index < -0.39 is 16.3 Å². The molecule has 0 spiro atoms. The molecule has 1 heterocycles. The molecule has 1 aliphatic rings. The molecule has 1 fully saturated rings. The number of hydrogen-bond acceptors (Lipinski definition) is 4. The van der Waals surface area contributed by atoms with Crippen LogP contribution in [-0.2, 0) is 21.4 Å². The Kier molecular flexibility index (Phi) is 6.52. The Hall–Kier alpha value is -1.71. The van der Waals surface area contributed by atoms with Crippen molar-refractivity contribution in [3.8, 4) is 0 Å². The Morgan fingerprint density at radius 3 is 2.54 bits per heavy atom. The molecule has 9 heteroatoms. The van der Waals surface area contributed by atoms with Crippen LogP contribution >= 0.6 is 0 Å². The molecule has 0 aromatic heterocycles. The van der Waals surface area contributed by atoms with E-state index in [9.17, 15) is 17.6 Å². The first-order chi connectivity index (χ1) is 11.4. The maximum atomic E-state index is 13.5. The largest absolute Gasteiger partial charge is 0.450 e. The van der Waals surface area contributed by atoms with Crippen LogP contribution in [0, 0.1) is 5.82 Å². The fourth-order valence-corrected chi connectivity index (χ4v) is 3.62. The number of carbonyl (C=O) groups is 1. The summed E-state index contributed by atoms with van der Waals surface area (Å²) in [5, 5.41) is 0. The summed E-state index contributed by atoms with van der Waals surface area (Å²) in [5.74, 6) is -0.347. The molecule has 134 valence electrons. The monoisotopic (exact) mass is 359 g/mol. The van der Waals surface area contributed by atoms with Gasteiger partial charge >= 0.3 is 6.09 Å². The first kappa shape index (κ1) is 18.6. The van der Waals surface area contributed by atoms with Crippen molar-refractivity contribution in [3.05, 3.63) is 35.6 Å². The summed E-state index contributed by atoms with van der Waals surface area (Å²) < 4.78 is 46.7. The number of benzene rings is 1. The molecular weight excluding hydrogens is 337 g/mol. The van der Waals surface area contributed by atoms with E-state index in [4.69, 9.17) is 4.74 Å². The molecule has 1 aliphatic heterocycles. The van der Waals surface area contributed by atoms with Crippen LogP contribution < -0.4 is 4.72 Å². The number of hydrogen-bond donors (Lipinski definition) is 1. The first-order valence-corrected chi connectivity index (χ1v) is 9.28. The lowest BCUT2D eigenvalue weighted by atomic mass is 10.1. The molecule has 0 radical (unpaired) electrons. The highest BCUT2D eigenvalue weighted by atomic mass is 32.2. The molecule has 0 bridgehead atoms. The standard InChI is InChI=1S/C15H22FN3O4S/c1-2-23-15(20)18-9-11-19(12-10-18)24(21,22)17-8-7-13-5-3-4-6-14(13)16/h3-6,17H,2,7-12H2,1H3. The molecule has 7 nitrogen and oxygen atoms in total. The van der Waals surface area contributed by atoms with Gasteiger partial charge in [-0.3, -0.25) is 0 Å². The summed E-state index contributed by atoms with van der Waals surface area (Å²) in [4.78, 5) is 13.1. The summed E-state index contributed by atoms with van der Waals surface area (Å²) in [6.07, 6.45) is -0.156. The highest BCUT2D eigenvalue weighted by molar-refractivity contribution is 7.87. The highest BCUT2D eigenvalue weighted by Gasteiger charge is 2.28. The van der Waals surface area contributed by atoms with E-state index in [2.05, 4.69) is 4.72 Å². The van der Waals surface area contributed by atoms with Crippen LogP contribution in [0.5, 0.6) is 0 Å². The van der Waals surface area contributed by atoms with Crippen LogP contribution in [0.15, 0.2) is 24.3 Å². The van der Waals surface area contributed by atoms with Crippen molar-refractivity contribution in [3.63, 3.8) is 0 Å². The fraction of sp³-hybridized carbons (Fsp3) is 0.533. The van der Waals surface area contributed by atoms with Gasteiger partial charge in [0.1, 0.15) is 5.82 Å². The van der Waals surface area contributed by atoms with E-state index in [1.807, 2.05) is 0 Å². The lowest BCUT2D eigenvalue weighted by Gasteiger charge is -2.33. The third-order valence-corrected chi connectivity index (χ3v) is 5.36. The molecule has 2 rings (SSSR count). The minimum absolute atomic E-state index is 0.112. The summed E-state index contributed by atoms with van der Waals surface area (Å²) in [6.45, 7) is 3.09. The zero-order valence-corrected chi connectivity index (χ0v) is 14.4. The van der Waals surface area contributed by atoms with Gasteiger partial charge in [-0.25, -0.2) is 13.9 Å². The van der Waals surface area contributed by atoms with Crippen LogP contribution in [-0.4, -0.2) is 63.0 Å². The van der Waals surface area contributed by atoms with Gasteiger partial charge in [0.2, 0.25) is 0 Å². The number of rotatable bonds is 6. The van der Waals surface area contributed by atoms with Gasteiger partial charge in [0.15, 0.2) is 0 Å². The van der Waals surface area contributed by atoms with Gasteiger partial charge < -0.3 is 9.64 Å². The van der Waals surface area contributed by atoms with Gasteiger partial charge in [-0.05, 0) is 25.0 Å². The summed E-state index contributed by atoms with van der Waals surface area (Å²) in [6, 6.07) is 6.27. The molecule has 0 saturated carbocycles. The van der Waals surface area contributed by atoms with Crippen LogP contribution in [0.25, 0.3) is 0 Å². The van der Waals surface area contributed by atoms with Crippen molar-refractivity contribution >= 4 is 16.3 Å². The molecule has 1 aromatic rings. The second kappa shape index (κ2) is 8.41. The summed E-state index contributed by atoms with van der Waals surface area (Å²) in [5.41, 5.74) is 0.465. The Morgan fingerprint density at radius 2 is 1.92 bits per heavy atom. The van der Waals surface area contributed by atoms with Gasteiger partial charge in [-0.1, -0.05) is 18.2 Å². The van der Waals surface area contributed by atoms with Gasteiger partial charge in [0.25, 0.3) is 10.2 Å². The minimum Gasteiger partial charge on any atom is -0.450 e. The molecule has 1 N–H and O–H groups in total. The van der Waals surface area contributed by atoms with Crippen LogP contribution in [0.2, 0.25) is 0 Å². The maximum absolute atomic E-state index is 13.5. The van der Waals surface area contributed by atoms with Gasteiger partial charge in [-0.15, -0.1) is 0 Å². The first-order valence-electron chi connectivity index (χ1n) is 7.84. The lowest BCUT2D eigenvalue weighted by molar-refractivity contribution is 0.0932. The van der Waals surface area contributed by atoms with Gasteiger partial charge in [0, 0.05) is 32.7 Å². The van der Waals surface area contributed by atoms with Crippen LogP contribution in [0.1, 0.15) is 12.5 Å². The molecule has 1 amide bonds. The van der Waals surface area contributed by atoms with Crippen molar-refractivity contribution < 1.29 is 22.3 Å². The molecule has 24 heavy (non-hydrogen) atoms. The fourth-order valence-electron chi connectivity index (χ4n) is 2.43. The third-order valence-electron chi connectivity index (χ3n) is 3.74. The predicted octanol–water partition coefficient (Wildman–Crippen LogP) is 0.977. The Bertz CT molecular complexity index is 660. The molecule has 0 unspecified atom stereocenters. The van der Waals surface area contributed by atoms with Crippen molar-refractivity contribution in [2.24, 2.45) is 0 Å². The number of nitrogens with one attached hydrogen (secondary N) is 1. The minimum atomic E-state index is -3.65. The van der Waals surface area contributed by atoms with E-state index in [-0.39, 0.29) is 51.6 Å². The maximum Gasteiger partial charge on any atom is 0.409 e. The van der Waals surface area contributed by atoms with Crippen molar-refractivity contribution in [1.29, 1.82) is 0 Å². The van der Waals surface area contributed by atoms with Crippen LogP contribution in [0.4, 0.5) is 9.18 Å². The number of nitrogens with zero attached hydrogens (tertiary/aromatic N) is 2. The number of amides is 1. The molecule has 1 aromatic carbocycles.